The van der Waals surface area contributed by atoms with Crippen LogP contribution in [0.5, 0.6) is 11.5 Å². The molecule has 1 aromatic heterocycles. The SMILES string of the molecule is COc1c(O)ccc2[c]ncnc12. The molecule has 1 radical (unpaired) electrons. The minimum Gasteiger partial charge on any atom is -0.504 e. The molecule has 13 heavy (non-hydrogen) atoms. The van der Waals surface area contributed by atoms with Crippen molar-refractivity contribution in [2.24, 2.45) is 0 Å². The van der Waals surface area contributed by atoms with Gasteiger partial charge in [0.1, 0.15) is 18.0 Å². The Morgan fingerprint density at radius 1 is 1.46 bits per heavy atom. The van der Waals surface area contributed by atoms with Crippen LogP contribution in [-0.2, 0) is 0 Å². The lowest BCUT2D eigenvalue weighted by molar-refractivity contribution is 0.377. The fourth-order valence-electron chi connectivity index (χ4n) is 1.17. The van der Waals surface area contributed by atoms with E-state index in [0.717, 1.165) is 5.39 Å². The van der Waals surface area contributed by atoms with Gasteiger partial charge in [0.25, 0.3) is 0 Å². The maximum Gasteiger partial charge on any atom is 0.187 e. The zero-order valence-corrected chi connectivity index (χ0v) is 6.98. The predicted octanol–water partition coefficient (Wildman–Crippen LogP) is 1.14. The molecule has 0 bridgehead atoms. The Hall–Kier alpha value is -1.84. The van der Waals surface area contributed by atoms with Gasteiger partial charge in [0, 0.05) is 5.39 Å². The van der Waals surface area contributed by atoms with Crippen LogP contribution in [0.3, 0.4) is 0 Å². The van der Waals surface area contributed by atoms with E-state index in [4.69, 9.17) is 4.74 Å². The molecule has 0 atom stereocenters. The average Bonchev–Trinajstić information content (AvgIpc) is 2.18. The highest BCUT2D eigenvalue weighted by atomic mass is 16.5. The molecule has 0 saturated carbocycles. The first kappa shape index (κ1) is 7.79. The largest absolute Gasteiger partial charge is 0.504 e. The smallest absolute Gasteiger partial charge is 0.187 e. The van der Waals surface area contributed by atoms with E-state index < -0.39 is 0 Å². The summed E-state index contributed by atoms with van der Waals surface area (Å²) < 4.78 is 5.00. The fraction of sp³-hybridized carbons (Fsp3) is 0.111. The van der Waals surface area contributed by atoms with Crippen molar-refractivity contribution in [3.8, 4) is 11.5 Å². The Labute approximate surface area is 74.8 Å². The molecule has 1 aromatic carbocycles. The van der Waals surface area contributed by atoms with E-state index in [1.165, 1.54) is 19.5 Å². The molecule has 0 aliphatic heterocycles. The summed E-state index contributed by atoms with van der Waals surface area (Å²) in [5.74, 6) is 0.429. The quantitative estimate of drug-likeness (QED) is 0.706. The van der Waals surface area contributed by atoms with Gasteiger partial charge in [0.15, 0.2) is 11.5 Å². The van der Waals surface area contributed by atoms with Crippen LogP contribution in [0.1, 0.15) is 0 Å². The highest BCUT2D eigenvalue weighted by Crippen LogP contribution is 2.31. The first-order chi connectivity index (χ1) is 6.33. The van der Waals surface area contributed by atoms with Crippen LogP contribution in [0.2, 0.25) is 0 Å². The van der Waals surface area contributed by atoms with E-state index in [-0.39, 0.29) is 5.75 Å². The molecule has 2 aromatic rings. The molecule has 0 aliphatic rings. The summed E-state index contributed by atoms with van der Waals surface area (Å²) in [5.41, 5.74) is 0.567. The number of nitrogens with zero attached hydrogens (tertiary/aromatic N) is 2. The molecule has 4 nitrogen and oxygen atoms in total. The van der Waals surface area contributed by atoms with Gasteiger partial charge in [0.05, 0.1) is 7.11 Å². The molecule has 0 aliphatic carbocycles. The number of phenolic OH excluding ortho intramolecular Hbond substituents is 1. The first-order valence-corrected chi connectivity index (χ1v) is 3.71. The zero-order chi connectivity index (χ0) is 9.26. The molecular weight excluding hydrogens is 168 g/mol. The Morgan fingerprint density at radius 2 is 2.31 bits per heavy atom. The van der Waals surface area contributed by atoms with Crippen molar-refractivity contribution < 1.29 is 9.84 Å². The number of phenols is 1. The van der Waals surface area contributed by atoms with E-state index in [1.54, 1.807) is 6.07 Å². The number of aromatic hydroxyl groups is 1. The molecule has 2 rings (SSSR count). The lowest BCUT2D eigenvalue weighted by Crippen LogP contribution is -1.89. The molecule has 0 saturated heterocycles. The summed E-state index contributed by atoms with van der Waals surface area (Å²) in [6.45, 7) is 0. The van der Waals surface area contributed by atoms with Crippen LogP contribution in [0.4, 0.5) is 0 Å². The zero-order valence-electron chi connectivity index (χ0n) is 6.98. The second-order valence-corrected chi connectivity index (χ2v) is 2.50. The third-order valence-electron chi connectivity index (χ3n) is 1.74. The molecular formula is C9H7N2O2. The molecule has 1 heterocycles. The third-order valence-corrected chi connectivity index (χ3v) is 1.74. The molecule has 0 amide bonds. The molecule has 65 valence electrons. The second-order valence-electron chi connectivity index (χ2n) is 2.50. The number of ether oxygens (including phenoxy) is 1. The lowest BCUT2D eigenvalue weighted by Gasteiger charge is -2.04. The van der Waals surface area contributed by atoms with Crippen LogP contribution < -0.4 is 4.74 Å². The van der Waals surface area contributed by atoms with Crippen molar-refractivity contribution in [1.82, 2.24) is 9.97 Å². The van der Waals surface area contributed by atoms with Crippen molar-refractivity contribution in [2.45, 2.75) is 0 Å². The Bertz CT molecular complexity index is 443. The van der Waals surface area contributed by atoms with Crippen LogP contribution >= 0.6 is 0 Å². The van der Waals surface area contributed by atoms with E-state index in [9.17, 15) is 5.11 Å². The molecule has 1 N–H and O–H groups in total. The highest BCUT2D eigenvalue weighted by molar-refractivity contribution is 5.85. The molecule has 0 spiro atoms. The van der Waals surface area contributed by atoms with Crippen LogP contribution in [-0.4, -0.2) is 22.2 Å². The van der Waals surface area contributed by atoms with Crippen molar-refractivity contribution in [3.05, 3.63) is 24.7 Å². The summed E-state index contributed by atoms with van der Waals surface area (Å²) in [4.78, 5) is 7.73. The standard InChI is InChI=1S/C9H7N2O2/c1-13-9-7(12)3-2-6-4-10-5-11-8(6)9/h2-3,5,12H,1H3. The molecule has 0 unspecified atom stereocenters. The number of hydrogen-bond donors (Lipinski definition) is 1. The maximum absolute atomic E-state index is 9.41. The predicted molar refractivity (Wildman–Crippen MR) is 46.6 cm³/mol. The van der Waals surface area contributed by atoms with Gasteiger partial charge >= 0.3 is 0 Å². The van der Waals surface area contributed by atoms with E-state index in [2.05, 4.69) is 16.2 Å². The number of benzene rings is 1. The number of methoxy groups -OCH3 is 1. The first-order valence-electron chi connectivity index (χ1n) is 3.71. The van der Waals surface area contributed by atoms with Gasteiger partial charge in [-0.1, -0.05) is 0 Å². The van der Waals surface area contributed by atoms with E-state index >= 15 is 0 Å². The summed E-state index contributed by atoms with van der Waals surface area (Å²) in [6, 6.07) is 3.22. The van der Waals surface area contributed by atoms with Crippen LogP contribution in [0.15, 0.2) is 18.5 Å². The summed E-state index contributed by atoms with van der Waals surface area (Å²) in [7, 11) is 1.48. The minimum atomic E-state index is 0.0714. The fourth-order valence-corrected chi connectivity index (χ4v) is 1.17. The van der Waals surface area contributed by atoms with Crippen LogP contribution in [0.25, 0.3) is 10.9 Å². The van der Waals surface area contributed by atoms with Crippen molar-refractivity contribution >= 4 is 10.9 Å². The number of aromatic nitrogens is 2. The van der Waals surface area contributed by atoms with Gasteiger partial charge in [-0.3, -0.25) is 0 Å². The van der Waals surface area contributed by atoms with Crippen molar-refractivity contribution in [2.75, 3.05) is 7.11 Å². The Balaban J connectivity index is 2.84. The topological polar surface area (TPSA) is 55.2 Å². The number of rotatable bonds is 1. The van der Waals surface area contributed by atoms with E-state index in [1.807, 2.05) is 0 Å². The molecule has 4 heteroatoms. The summed E-state index contributed by atoms with van der Waals surface area (Å²) in [5, 5.41) is 10.1. The average molecular weight is 175 g/mol. The monoisotopic (exact) mass is 175 g/mol. The molecule has 0 fully saturated rings. The number of fused-ring (bicyclic) bond motifs is 1. The lowest BCUT2D eigenvalue weighted by atomic mass is 10.2. The van der Waals surface area contributed by atoms with Crippen molar-refractivity contribution in [1.29, 1.82) is 0 Å². The van der Waals surface area contributed by atoms with E-state index in [0.29, 0.717) is 11.3 Å². The summed E-state index contributed by atoms with van der Waals surface area (Å²) >= 11 is 0. The normalized spacial score (nSPS) is 10.2. The minimum absolute atomic E-state index is 0.0714. The van der Waals surface area contributed by atoms with Gasteiger partial charge in [0.2, 0.25) is 0 Å². The van der Waals surface area contributed by atoms with Gasteiger partial charge in [-0.15, -0.1) is 0 Å². The Morgan fingerprint density at radius 3 is 3.08 bits per heavy atom. The van der Waals surface area contributed by atoms with Crippen molar-refractivity contribution in [3.63, 3.8) is 0 Å². The summed E-state index contributed by atoms with van der Waals surface area (Å²) in [6.07, 6.45) is 4.11. The van der Waals surface area contributed by atoms with Gasteiger partial charge in [-0.2, -0.15) is 0 Å². The highest BCUT2D eigenvalue weighted by Gasteiger charge is 2.07. The van der Waals surface area contributed by atoms with Gasteiger partial charge in [-0.05, 0) is 12.1 Å². The van der Waals surface area contributed by atoms with Gasteiger partial charge in [-0.25, -0.2) is 9.97 Å². The maximum atomic E-state index is 9.41. The Kier molecular flexibility index (Phi) is 1.73. The van der Waals surface area contributed by atoms with Gasteiger partial charge < -0.3 is 9.84 Å². The third kappa shape index (κ3) is 1.16. The van der Waals surface area contributed by atoms with Crippen LogP contribution in [0, 0.1) is 6.20 Å². The second kappa shape index (κ2) is 2.90. The number of hydrogen-bond acceptors (Lipinski definition) is 4.